The molecular weight excluding hydrogens is 372 g/mol. The molecule has 0 saturated carbocycles. The highest BCUT2D eigenvalue weighted by Gasteiger charge is 2.24. The molecule has 0 aliphatic rings. The Morgan fingerprint density at radius 1 is 1.42 bits per heavy atom. The van der Waals surface area contributed by atoms with Gasteiger partial charge in [0, 0.05) is 18.0 Å². The number of pyridine rings is 1. The van der Waals surface area contributed by atoms with E-state index >= 15 is 0 Å². The molecule has 136 valence electrons. The van der Waals surface area contributed by atoms with Crippen LogP contribution in [0.2, 0.25) is 5.02 Å². The van der Waals surface area contributed by atoms with E-state index in [9.17, 15) is 4.79 Å². The summed E-state index contributed by atoms with van der Waals surface area (Å²) in [4.78, 5) is 24.4. The van der Waals surface area contributed by atoms with E-state index in [0.717, 1.165) is 11.3 Å². The second kappa shape index (κ2) is 8.11. The number of aromatic nitrogens is 2. The number of amides is 1. The van der Waals surface area contributed by atoms with E-state index in [2.05, 4.69) is 26.9 Å². The molecule has 2 rings (SSSR count). The zero-order valence-corrected chi connectivity index (χ0v) is 15.9. The van der Waals surface area contributed by atoms with Crippen LogP contribution in [-0.4, -0.2) is 21.8 Å². The molecule has 0 fully saturated rings. The third kappa shape index (κ3) is 4.68. The Hall–Kier alpha value is -2.71. The summed E-state index contributed by atoms with van der Waals surface area (Å²) in [5.41, 5.74) is 11.8. The number of nitrogens with one attached hydrogen (secondary N) is 1. The quantitative estimate of drug-likeness (QED) is 0.398. The average Bonchev–Trinajstić information content (AvgIpc) is 3.05. The summed E-state index contributed by atoms with van der Waals surface area (Å²) in [6.45, 7) is 7.45. The van der Waals surface area contributed by atoms with Crippen LogP contribution in [0, 0.1) is 0 Å². The Morgan fingerprint density at radius 2 is 2.15 bits per heavy atom. The number of aliphatic imine (C=N–C) groups is 1. The molecule has 0 bridgehead atoms. The van der Waals surface area contributed by atoms with Crippen LogP contribution in [-0.2, 0) is 5.54 Å². The van der Waals surface area contributed by atoms with E-state index in [1.54, 1.807) is 30.6 Å². The molecule has 9 heteroatoms. The number of primary amides is 1. The summed E-state index contributed by atoms with van der Waals surface area (Å²) in [5, 5.41) is 3.99. The zero-order chi connectivity index (χ0) is 19.3. The molecule has 0 spiro atoms. The molecule has 2 aromatic rings. The SMILES string of the molecule is C=C/C(=C\NC(N)=NC(C)(C)c1ncccc1Cl)c1ncc(C(N)=O)s1. The molecule has 0 aliphatic heterocycles. The molecule has 0 atom stereocenters. The van der Waals surface area contributed by atoms with Crippen molar-refractivity contribution in [3.63, 3.8) is 0 Å². The largest absolute Gasteiger partial charge is 0.370 e. The highest BCUT2D eigenvalue weighted by molar-refractivity contribution is 7.14. The zero-order valence-electron chi connectivity index (χ0n) is 14.4. The van der Waals surface area contributed by atoms with Gasteiger partial charge in [-0.25, -0.2) is 9.98 Å². The van der Waals surface area contributed by atoms with E-state index in [1.165, 1.54) is 6.20 Å². The maximum Gasteiger partial charge on any atom is 0.260 e. The van der Waals surface area contributed by atoms with Crippen molar-refractivity contribution in [1.29, 1.82) is 0 Å². The van der Waals surface area contributed by atoms with Crippen molar-refractivity contribution in [1.82, 2.24) is 15.3 Å². The fourth-order valence-corrected chi connectivity index (χ4v) is 3.24. The molecule has 1 amide bonds. The molecule has 0 unspecified atom stereocenters. The summed E-state index contributed by atoms with van der Waals surface area (Å²) in [6.07, 6.45) is 6.26. The number of carbonyl (C=O) groups excluding carboxylic acids is 1. The van der Waals surface area contributed by atoms with Crippen molar-refractivity contribution in [3.8, 4) is 0 Å². The van der Waals surface area contributed by atoms with Crippen LogP contribution in [0.3, 0.4) is 0 Å². The Bertz CT molecular complexity index is 887. The maximum atomic E-state index is 11.2. The first kappa shape index (κ1) is 19.6. The molecule has 5 N–H and O–H groups in total. The van der Waals surface area contributed by atoms with Gasteiger partial charge in [0.05, 0.1) is 16.9 Å². The average molecular weight is 391 g/mol. The van der Waals surface area contributed by atoms with Crippen LogP contribution >= 0.6 is 22.9 Å². The topological polar surface area (TPSA) is 119 Å². The number of thiazole rings is 1. The first-order chi connectivity index (χ1) is 12.2. The number of carbonyl (C=O) groups is 1. The van der Waals surface area contributed by atoms with Gasteiger partial charge in [0.1, 0.15) is 15.4 Å². The van der Waals surface area contributed by atoms with Gasteiger partial charge in [0.25, 0.3) is 5.91 Å². The molecule has 0 aromatic carbocycles. The van der Waals surface area contributed by atoms with E-state index in [0.29, 0.717) is 26.2 Å². The number of rotatable bonds is 6. The van der Waals surface area contributed by atoms with Gasteiger partial charge in [-0.3, -0.25) is 9.78 Å². The lowest BCUT2D eigenvalue weighted by Gasteiger charge is -2.21. The van der Waals surface area contributed by atoms with Crippen LogP contribution in [0.15, 0.2) is 48.4 Å². The Morgan fingerprint density at radius 3 is 2.73 bits per heavy atom. The number of hydrogen-bond donors (Lipinski definition) is 3. The van der Waals surface area contributed by atoms with Gasteiger partial charge in [0.2, 0.25) is 0 Å². The van der Waals surface area contributed by atoms with Crippen LogP contribution in [0.1, 0.15) is 34.2 Å². The smallest absolute Gasteiger partial charge is 0.260 e. The van der Waals surface area contributed by atoms with Crippen molar-refractivity contribution in [2.45, 2.75) is 19.4 Å². The Kier molecular flexibility index (Phi) is 6.12. The molecule has 26 heavy (non-hydrogen) atoms. The van der Waals surface area contributed by atoms with Crippen LogP contribution in [0.25, 0.3) is 5.57 Å². The summed E-state index contributed by atoms with van der Waals surface area (Å²) >= 11 is 7.35. The van der Waals surface area contributed by atoms with Crippen LogP contribution in [0.4, 0.5) is 0 Å². The van der Waals surface area contributed by atoms with E-state index < -0.39 is 11.4 Å². The molecule has 0 saturated heterocycles. The van der Waals surface area contributed by atoms with Crippen molar-refractivity contribution >= 4 is 40.4 Å². The van der Waals surface area contributed by atoms with Gasteiger partial charge in [0.15, 0.2) is 5.96 Å². The lowest BCUT2D eigenvalue weighted by Crippen LogP contribution is -2.31. The number of hydrogen-bond acceptors (Lipinski definition) is 5. The molecule has 2 heterocycles. The monoisotopic (exact) mass is 390 g/mol. The van der Waals surface area contributed by atoms with Gasteiger partial charge in [-0.2, -0.15) is 0 Å². The van der Waals surface area contributed by atoms with E-state index in [-0.39, 0.29) is 5.96 Å². The Labute approximate surface area is 160 Å². The third-order valence-electron chi connectivity index (χ3n) is 3.33. The lowest BCUT2D eigenvalue weighted by atomic mass is 10.0. The normalized spacial score (nSPS) is 12.7. The second-order valence-corrected chi connectivity index (χ2v) is 7.17. The van der Waals surface area contributed by atoms with Gasteiger partial charge in [-0.15, -0.1) is 11.3 Å². The fraction of sp³-hybridized carbons (Fsp3) is 0.176. The van der Waals surface area contributed by atoms with Gasteiger partial charge in [-0.1, -0.05) is 24.3 Å². The standard InChI is InChI=1S/C17H19ClN6OS/c1-4-10(15-22-9-12(26-15)14(19)25)8-23-16(20)24-17(2,3)13-11(18)6-5-7-21-13/h4-9H,1H2,2-3H3,(H2,19,25)(H3,20,23,24)/b10-8+. The number of nitrogens with zero attached hydrogens (tertiary/aromatic N) is 3. The summed E-state index contributed by atoms with van der Waals surface area (Å²) < 4.78 is 0. The second-order valence-electron chi connectivity index (χ2n) is 5.73. The van der Waals surface area contributed by atoms with E-state index in [4.69, 9.17) is 23.1 Å². The minimum absolute atomic E-state index is 0.169. The molecular formula is C17H19ClN6OS. The van der Waals surface area contributed by atoms with Crippen molar-refractivity contribution in [2.75, 3.05) is 0 Å². The van der Waals surface area contributed by atoms with Gasteiger partial charge in [-0.05, 0) is 26.0 Å². The first-order valence-electron chi connectivity index (χ1n) is 7.56. The Balaban J connectivity index is 2.21. The minimum Gasteiger partial charge on any atom is -0.370 e. The highest BCUT2D eigenvalue weighted by atomic mass is 35.5. The number of halogens is 1. The predicted octanol–water partition coefficient (Wildman–Crippen LogP) is 2.66. The van der Waals surface area contributed by atoms with Crippen molar-refractivity contribution in [3.05, 3.63) is 64.0 Å². The first-order valence-corrected chi connectivity index (χ1v) is 8.75. The minimum atomic E-state index is -0.724. The maximum absolute atomic E-state index is 11.2. The van der Waals surface area contributed by atoms with Gasteiger partial charge >= 0.3 is 0 Å². The third-order valence-corrected chi connectivity index (χ3v) is 4.69. The summed E-state index contributed by atoms with van der Waals surface area (Å²) in [7, 11) is 0. The number of allylic oxidation sites excluding steroid dienone is 2. The molecule has 0 radical (unpaired) electrons. The van der Waals surface area contributed by atoms with Crippen molar-refractivity contribution < 1.29 is 4.79 Å². The predicted molar refractivity (Wildman–Crippen MR) is 106 cm³/mol. The molecule has 2 aromatic heterocycles. The highest BCUT2D eigenvalue weighted by Crippen LogP contribution is 2.28. The fourth-order valence-electron chi connectivity index (χ4n) is 2.10. The van der Waals surface area contributed by atoms with Crippen LogP contribution < -0.4 is 16.8 Å². The molecule has 0 aliphatic carbocycles. The lowest BCUT2D eigenvalue weighted by molar-refractivity contribution is 0.100. The van der Waals surface area contributed by atoms with E-state index in [1.807, 2.05) is 13.8 Å². The molecule has 7 nitrogen and oxygen atoms in total. The van der Waals surface area contributed by atoms with Gasteiger partial charge < -0.3 is 16.8 Å². The van der Waals surface area contributed by atoms with Crippen molar-refractivity contribution in [2.24, 2.45) is 16.5 Å². The van der Waals surface area contributed by atoms with Crippen LogP contribution in [0.5, 0.6) is 0 Å². The summed E-state index contributed by atoms with van der Waals surface area (Å²) in [6, 6.07) is 3.50. The summed E-state index contributed by atoms with van der Waals surface area (Å²) in [5.74, 6) is -0.358. The number of nitrogens with two attached hydrogens (primary N) is 2. The number of guanidine groups is 1.